The van der Waals surface area contributed by atoms with Crippen LogP contribution in [0.5, 0.6) is 0 Å². The summed E-state index contributed by atoms with van der Waals surface area (Å²) in [7, 11) is 1.79. The van der Waals surface area contributed by atoms with E-state index in [2.05, 4.69) is 81.1 Å². The first-order valence-corrected chi connectivity index (χ1v) is 16.1. The lowest BCUT2D eigenvalue weighted by atomic mass is 9.83. The zero-order valence-electron chi connectivity index (χ0n) is 25.4. The number of carbonyl (C=O) groups is 2. The summed E-state index contributed by atoms with van der Waals surface area (Å²) in [6.07, 6.45) is 12.1. The number of unbranched alkanes of at least 4 members (excludes halogenated alkanes) is 1. The fourth-order valence-electron chi connectivity index (χ4n) is 6.59. The van der Waals surface area contributed by atoms with Crippen LogP contribution in [-0.2, 0) is 22.4 Å². The molecule has 2 aromatic rings. The molecule has 1 saturated heterocycles. The smallest absolute Gasteiger partial charge is 0.245 e. The van der Waals surface area contributed by atoms with Gasteiger partial charge in [0.15, 0.2) is 0 Å². The minimum Gasteiger partial charge on any atom is -0.343 e. The molecule has 0 aromatic heterocycles. The van der Waals surface area contributed by atoms with Crippen LogP contribution in [0.2, 0.25) is 0 Å². The number of likely N-dealkylation sites (tertiary alicyclic amines) is 1. The van der Waals surface area contributed by atoms with E-state index in [1.807, 2.05) is 6.92 Å². The predicted molar refractivity (Wildman–Crippen MR) is 168 cm³/mol. The Morgan fingerprint density at radius 1 is 0.854 bits per heavy atom. The quantitative estimate of drug-likeness (QED) is 0.293. The Balaban J connectivity index is 1.41. The van der Waals surface area contributed by atoms with Gasteiger partial charge in [0.1, 0.15) is 6.04 Å². The maximum atomic E-state index is 14.2. The van der Waals surface area contributed by atoms with E-state index in [1.165, 1.54) is 24.0 Å². The molecule has 4 rings (SSSR count). The van der Waals surface area contributed by atoms with E-state index in [1.54, 1.807) is 7.05 Å². The van der Waals surface area contributed by atoms with E-state index >= 15 is 0 Å². The molecule has 2 amide bonds. The molecular formula is C35H52N4O2. The summed E-state index contributed by atoms with van der Waals surface area (Å²) in [5.41, 5.74) is 2.76. The highest BCUT2D eigenvalue weighted by Crippen LogP contribution is 2.29. The van der Waals surface area contributed by atoms with E-state index in [0.29, 0.717) is 0 Å². The van der Waals surface area contributed by atoms with Crippen LogP contribution in [0.1, 0.15) is 75.8 Å². The SMILES string of the molecule is CNC(C)C(=O)N[C@H](C(=O)N1CCC[C@H]1CN(CCCCc1ccccc1)CCc1ccccc1)C1CCCCC1. The number of rotatable bonds is 15. The monoisotopic (exact) mass is 560 g/mol. The molecule has 41 heavy (non-hydrogen) atoms. The number of nitrogens with one attached hydrogen (secondary N) is 2. The van der Waals surface area contributed by atoms with Crippen molar-refractivity contribution < 1.29 is 9.59 Å². The molecule has 0 radical (unpaired) electrons. The van der Waals surface area contributed by atoms with Gasteiger partial charge in [-0.1, -0.05) is 79.9 Å². The molecule has 2 fully saturated rings. The molecule has 224 valence electrons. The fraction of sp³-hybridized carbons (Fsp3) is 0.600. The van der Waals surface area contributed by atoms with Gasteiger partial charge in [-0.2, -0.15) is 0 Å². The third-order valence-corrected chi connectivity index (χ3v) is 9.23. The highest BCUT2D eigenvalue weighted by Gasteiger charge is 2.39. The zero-order chi connectivity index (χ0) is 28.9. The van der Waals surface area contributed by atoms with Gasteiger partial charge < -0.3 is 20.4 Å². The van der Waals surface area contributed by atoms with Crippen LogP contribution in [0.4, 0.5) is 0 Å². The van der Waals surface area contributed by atoms with E-state index in [4.69, 9.17) is 0 Å². The summed E-state index contributed by atoms with van der Waals surface area (Å²) in [6.45, 7) is 5.60. The normalized spacial score (nSPS) is 19.3. The number of carbonyl (C=O) groups excluding carboxylic acids is 2. The molecular weight excluding hydrogens is 508 g/mol. The molecule has 1 saturated carbocycles. The largest absolute Gasteiger partial charge is 0.343 e. The molecule has 6 nitrogen and oxygen atoms in total. The van der Waals surface area contributed by atoms with Gasteiger partial charge in [-0.15, -0.1) is 0 Å². The number of likely N-dealkylation sites (N-methyl/N-ethyl adjacent to an activating group) is 1. The van der Waals surface area contributed by atoms with Crippen LogP contribution in [0.25, 0.3) is 0 Å². The Bertz CT molecular complexity index is 1040. The Labute approximate surface area is 248 Å². The summed E-state index contributed by atoms with van der Waals surface area (Å²) >= 11 is 0. The van der Waals surface area contributed by atoms with Gasteiger partial charge in [0.2, 0.25) is 11.8 Å². The second-order valence-electron chi connectivity index (χ2n) is 12.2. The Kier molecular flexibility index (Phi) is 12.7. The van der Waals surface area contributed by atoms with Crippen LogP contribution < -0.4 is 10.6 Å². The molecule has 2 aromatic carbocycles. The second kappa shape index (κ2) is 16.7. The van der Waals surface area contributed by atoms with Crippen molar-refractivity contribution in [3.05, 3.63) is 71.8 Å². The third kappa shape index (κ3) is 9.68. The molecule has 6 heteroatoms. The van der Waals surface area contributed by atoms with Crippen LogP contribution >= 0.6 is 0 Å². The van der Waals surface area contributed by atoms with Crippen molar-refractivity contribution in [1.82, 2.24) is 20.4 Å². The average molecular weight is 561 g/mol. The Hall–Kier alpha value is -2.70. The molecule has 1 heterocycles. The lowest BCUT2D eigenvalue weighted by Gasteiger charge is -2.37. The first-order chi connectivity index (χ1) is 20.0. The van der Waals surface area contributed by atoms with Gasteiger partial charge in [0.25, 0.3) is 0 Å². The first kappa shape index (κ1) is 31.2. The number of benzene rings is 2. The van der Waals surface area contributed by atoms with Crippen molar-refractivity contribution in [1.29, 1.82) is 0 Å². The minimum absolute atomic E-state index is 0.0740. The van der Waals surface area contributed by atoms with E-state index in [0.717, 1.165) is 84.0 Å². The summed E-state index contributed by atoms with van der Waals surface area (Å²) < 4.78 is 0. The maximum Gasteiger partial charge on any atom is 0.245 e. The molecule has 0 bridgehead atoms. The van der Waals surface area contributed by atoms with Crippen LogP contribution in [0, 0.1) is 5.92 Å². The molecule has 1 unspecified atom stereocenters. The number of amides is 2. The Morgan fingerprint density at radius 3 is 2.17 bits per heavy atom. The van der Waals surface area contributed by atoms with Gasteiger partial charge in [0.05, 0.1) is 6.04 Å². The lowest BCUT2D eigenvalue weighted by molar-refractivity contribution is -0.139. The van der Waals surface area contributed by atoms with Gasteiger partial charge in [-0.3, -0.25) is 9.59 Å². The number of hydrogen-bond acceptors (Lipinski definition) is 4. The van der Waals surface area contributed by atoms with Crippen LogP contribution in [0.3, 0.4) is 0 Å². The number of hydrogen-bond donors (Lipinski definition) is 2. The van der Waals surface area contributed by atoms with Crippen molar-refractivity contribution >= 4 is 11.8 Å². The standard InChI is InChI=1S/C35H52N4O2/c1-28(36-2)34(40)37-33(31-20-10-5-11-21-31)35(41)39-25-14-22-32(39)27-38(26-23-30-17-8-4-9-18-30)24-13-12-19-29-15-6-3-7-16-29/h3-4,6-9,15-18,28,31-33,36H,5,10-14,19-27H2,1-2H3,(H,37,40)/t28?,32-,33-/m0/s1. The van der Waals surface area contributed by atoms with Crippen molar-refractivity contribution in [3.63, 3.8) is 0 Å². The second-order valence-corrected chi connectivity index (χ2v) is 12.2. The summed E-state index contributed by atoms with van der Waals surface area (Å²) in [5.74, 6) is 0.302. The van der Waals surface area contributed by atoms with E-state index < -0.39 is 6.04 Å². The molecule has 0 spiro atoms. The van der Waals surface area contributed by atoms with Crippen molar-refractivity contribution in [3.8, 4) is 0 Å². The van der Waals surface area contributed by atoms with Crippen molar-refractivity contribution in [2.45, 2.75) is 95.7 Å². The van der Waals surface area contributed by atoms with Crippen molar-refractivity contribution in [2.24, 2.45) is 5.92 Å². The van der Waals surface area contributed by atoms with Gasteiger partial charge in [-0.05, 0) is 88.9 Å². The molecule has 2 aliphatic rings. The van der Waals surface area contributed by atoms with Crippen LogP contribution in [0.15, 0.2) is 60.7 Å². The van der Waals surface area contributed by atoms with Gasteiger partial charge in [-0.25, -0.2) is 0 Å². The zero-order valence-corrected chi connectivity index (χ0v) is 25.4. The number of aryl methyl sites for hydroxylation is 1. The van der Waals surface area contributed by atoms with E-state index in [9.17, 15) is 9.59 Å². The van der Waals surface area contributed by atoms with Crippen molar-refractivity contribution in [2.75, 3.05) is 33.2 Å². The number of nitrogens with zero attached hydrogens (tertiary/aromatic N) is 2. The highest BCUT2D eigenvalue weighted by molar-refractivity contribution is 5.90. The fourth-order valence-corrected chi connectivity index (χ4v) is 6.59. The average Bonchev–Trinajstić information content (AvgIpc) is 3.49. The minimum atomic E-state index is -0.414. The summed E-state index contributed by atoms with van der Waals surface area (Å²) in [4.78, 5) is 31.8. The van der Waals surface area contributed by atoms with Gasteiger partial charge in [0, 0.05) is 25.7 Å². The summed E-state index contributed by atoms with van der Waals surface area (Å²) in [5, 5.41) is 6.22. The first-order valence-electron chi connectivity index (χ1n) is 16.1. The molecule has 1 aliphatic carbocycles. The summed E-state index contributed by atoms with van der Waals surface area (Å²) in [6, 6.07) is 21.0. The Morgan fingerprint density at radius 2 is 1.51 bits per heavy atom. The maximum absolute atomic E-state index is 14.2. The lowest BCUT2D eigenvalue weighted by Crippen LogP contribution is -2.57. The molecule has 1 aliphatic heterocycles. The molecule has 3 atom stereocenters. The predicted octanol–water partition coefficient (Wildman–Crippen LogP) is 5.22. The van der Waals surface area contributed by atoms with E-state index in [-0.39, 0.29) is 29.8 Å². The van der Waals surface area contributed by atoms with Crippen LogP contribution in [-0.4, -0.2) is 73.0 Å². The molecule has 2 N–H and O–H groups in total. The van der Waals surface area contributed by atoms with Gasteiger partial charge >= 0.3 is 0 Å². The third-order valence-electron chi connectivity index (χ3n) is 9.23. The highest BCUT2D eigenvalue weighted by atomic mass is 16.2. The topological polar surface area (TPSA) is 64.7 Å².